The summed E-state index contributed by atoms with van der Waals surface area (Å²) in [6.07, 6.45) is 1.09. The Hall–Kier alpha value is -1.46. The van der Waals surface area contributed by atoms with E-state index in [4.69, 9.17) is 11.6 Å². The average molecular weight is 296 g/mol. The van der Waals surface area contributed by atoms with Gasteiger partial charge in [0, 0.05) is 5.69 Å². The number of amides is 1. The Balaban J connectivity index is 2.05. The van der Waals surface area contributed by atoms with Gasteiger partial charge in [0.25, 0.3) is 5.91 Å². The number of carbonyl (C=O) groups excluding carboxylic acids is 1. The summed E-state index contributed by atoms with van der Waals surface area (Å²) in [4.78, 5) is 11.8. The van der Waals surface area contributed by atoms with Crippen molar-refractivity contribution in [2.75, 3.05) is 5.32 Å². The summed E-state index contributed by atoms with van der Waals surface area (Å²) >= 11 is 6.70. The van der Waals surface area contributed by atoms with Crippen LogP contribution >= 0.6 is 22.9 Å². The number of benzene rings is 1. The molecule has 1 heterocycles. The van der Waals surface area contributed by atoms with Crippen LogP contribution in [0.5, 0.6) is 0 Å². The normalized spacial score (nSPS) is 12.2. The van der Waals surface area contributed by atoms with Gasteiger partial charge in [-0.1, -0.05) is 37.3 Å². The molecule has 1 N–H and O–H groups in total. The first-order valence-electron chi connectivity index (χ1n) is 6.00. The van der Waals surface area contributed by atoms with E-state index < -0.39 is 0 Å². The van der Waals surface area contributed by atoms with E-state index >= 15 is 0 Å². The summed E-state index contributed by atoms with van der Waals surface area (Å²) < 4.78 is 0.261. The van der Waals surface area contributed by atoms with Gasteiger partial charge >= 0.3 is 0 Å². The van der Waals surface area contributed by atoms with Gasteiger partial charge < -0.3 is 5.32 Å². The number of hydrogen-bond donors (Lipinski definition) is 1. The average Bonchev–Trinajstić information content (AvgIpc) is 2.85. The Morgan fingerprint density at radius 3 is 2.58 bits per heavy atom. The maximum Gasteiger partial charge on any atom is 0.286 e. The minimum absolute atomic E-state index is 0.260. The summed E-state index contributed by atoms with van der Waals surface area (Å²) in [5.41, 5.74) is 2.00. The van der Waals surface area contributed by atoms with Crippen LogP contribution in [0, 0.1) is 0 Å². The Labute approximate surface area is 120 Å². The number of halogens is 1. The number of aromatic nitrogens is 2. The lowest BCUT2D eigenvalue weighted by molar-refractivity contribution is 0.102. The van der Waals surface area contributed by atoms with Crippen molar-refractivity contribution >= 4 is 34.5 Å². The number of hydrogen-bond acceptors (Lipinski definition) is 4. The fourth-order valence-corrected chi connectivity index (χ4v) is 2.34. The van der Waals surface area contributed by atoms with E-state index in [2.05, 4.69) is 29.4 Å². The van der Waals surface area contributed by atoms with E-state index in [0.717, 1.165) is 23.4 Å². The van der Waals surface area contributed by atoms with E-state index in [1.165, 1.54) is 5.56 Å². The lowest BCUT2D eigenvalue weighted by Crippen LogP contribution is -2.11. The summed E-state index contributed by atoms with van der Waals surface area (Å²) in [6.45, 7) is 4.33. The molecule has 4 nitrogen and oxygen atoms in total. The maximum atomic E-state index is 11.8. The number of carbonyl (C=O) groups is 1. The van der Waals surface area contributed by atoms with Crippen LogP contribution in [0.1, 0.15) is 41.6 Å². The molecule has 1 aromatic carbocycles. The van der Waals surface area contributed by atoms with Crippen molar-refractivity contribution in [2.45, 2.75) is 26.2 Å². The Morgan fingerprint density at radius 1 is 1.37 bits per heavy atom. The fourth-order valence-electron chi connectivity index (χ4n) is 1.61. The second-order valence-corrected chi connectivity index (χ2v) is 5.81. The lowest BCUT2D eigenvalue weighted by atomic mass is 9.99. The van der Waals surface area contributed by atoms with Gasteiger partial charge in [0.2, 0.25) is 9.47 Å². The Bertz CT molecular complexity index is 568. The highest BCUT2D eigenvalue weighted by Crippen LogP contribution is 2.21. The van der Waals surface area contributed by atoms with Gasteiger partial charge in [-0.05, 0) is 41.6 Å². The van der Waals surface area contributed by atoms with Crippen molar-refractivity contribution in [3.63, 3.8) is 0 Å². The summed E-state index contributed by atoms with van der Waals surface area (Å²) in [5.74, 6) is 0.229. The quantitative estimate of drug-likeness (QED) is 0.929. The van der Waals surface area contributed by atoms with Crippen molar-refractivity contribution in [3.05, 3.63) is 39.3 Å². The van der Waals surface area contributed by atoms with Crippen LogP contribution in [0.4, 0.5) is 5.69 Å². The molecular formula is C13H14ClN3OS. The molecule has 6 heteroatoms. The van der Waals surface area contributed by atoms with Crippen LogP contribution < -0.4 is 5.32 Å². The topological polar surface area (TPSA) is 54.9 Å². The highest BCUT2D eigenvalue weighted by Gasteiger charge is 2.12. The van der Waals surface area contributed by atoms with Crippen LogP contribution in [0.15, 0.2) is 24.3 Å². The van der Waals surface area contributed by atoms with E-state index in [1.807, 2.05) is 24.3 Å². The molecule has 0 radical (unpaired) electrons. The first kappa shape index (κ1) is 14.0. The molecule has 1 amide bonds. The van der Waals surface area contributed by atoms with Gasteiger partial charge in [0.05, 0.1) is 0 Å². The predicted molar refractivity (Wildman–Crippen MR) is 78.0 cm³/mol. The number of rotatable bonds is 4. The maximum absolute atomic E-state index is 11.8. The van der Waals surface area contributed by atoms with Crippen molar-refractivity contribution in [3.8, 4) is 0 Å². The zero-order chi connectivity index (χ0) is 13.8. The second-order valence-electron chi connectivity index (χ2n) is 4.25. The first-order chi connectivity index (χ1) is 9.10. The number of nitrogens with zero attached hydrogens (tertiary/aromatic N) is 2. The first-order valence-corrected chi connectivity index (χ1v) is 7.20. The van der Waals surface area contributed by atoms with Gasteiger partial charge in [0.1, 0.15) is 0 Å². The summed E-state index contributed by atoms with van der Waals surface area (Å²) in [5, 5.41) is 10.3. The lowest BCUT2D eigenvalue weighted by Gasteiger charge is -2.09. The van der Waals surface area contributed by atoms with E-state index in [0.29, 0.717) is 5.92 Å². The molecule has 100 valence electrons. The smallest absolute Gasteiger partial charge is 0.286 e. The molecule has 0 aliphatic heterocycles. The van der Waals surface area contributed by atoms with Crippen LogP contribution in [0.25, 0.3) is 0 Å². The minimum atomic E-state index is -0.291. The molecule has 1 aromatic heterocycles. The molecule has 0 aliphatic carbocycles. The zero-order valence-corrected chi connectivity index (χ0v) is 12.3. The zero-order valence-electron chi connectivity index (χ0n) is 10.7. The molecule has 0 aliphatic rings. The van der Waals surface area contributed by atoms with Gasteiger partial charge in [0.15, 0.2) is 0 Å². The van der Waals surface area contributed by atoms with Crippen LogP contribution in [-0.2, 0) is 0 Å². The highest BCUT2D eigenvalue weighted by atomic mass is 35.5. The molecule has 19 heavy (non-hydrogen) atoms. The van der Waals surface area contributed by atoms with Gasteiger partial charge in [-0.3, -0.25) is 4.79 Å². The molecule has 0 spiro atoms. The Kier molecular flexibility index (Phi) is 4.50. The molecule has 0 bridgehead atoms. The minimum Gasteiger partial charge on any atom is -0.320 e. The van der Waals surface area contributed by atoms with E-state index in [-0.39, 0.29) is 15.4 Å². The fraction of sp³-hybridized carbons (Fsp3) is 0.308. The van der Waals surface area contributed by atoms with Crippen molar-refractivity contribution in [1.82, 2.24) is 10.2 Å². The van der Waals surface area contributed by atoms with Crippen molar-refractivity contribution in [2.24, 2.45) is 0 Å². The third kappa shape index (κ3) is 3.52. The highest BCUT2D eigenvalue weighted by molar-refractivity contribution is 7.17. The van der Waals surface area contributed by atoms with Crippen molar-refractivity contribution < 1.29 is 4.79 Å². The predicted octanol–water partition coefficient (Wildman–Crippen LogP) is 3.96. The monoisotopic (exact) mass is 295 g/mol. The van der Waals surface area contributed by atoms with Gasteiger partial charge in [-0.25, -0.2) is 0 Å². The number of anilines is 1. The summed E-state index contributed by atoms with van der Waals surface area (Å²) in [7, 11) is 0. The van der Waals surface area contributed by atoms with E-state index in [1.54, 1.807) is 0 Å². The summed E-state index contributed by atoms with van der Waals surface area (Å²) in [6, 6.07) is 7.83. The third-order valence-electron chi connectivity index (χ3n) is 2.94. The molecule has 1 atom stereocenters. The number of nitrogens with one attached hydrogen (secondary N) is 1. The molecule has 1 unspecified atom stereocenters. The Morgan fingerprint density at radius 2 is 2.05 bits per heavy atom. The SMILES string of the molecule is CCC(C)c1ccc(NC(=O)c2nnc(Cl)s2)cc1. The molecule has 0 saturated carbocycles. The largest absolute Gasteiger partial charge is 0.320 e. The molecule has 2 aromatic rings. The van der Waals surface area contributed by atoms with Crippen LogP contribution in [0.2, 0.25) is 4.47 Å². The molecule has 0 saturated heterocycles. The molecule has 0 fully saturated rings. The van der Waals surface area contributed by atoms with Crippen LogP contribution in [0.3, 0.4) is 0 Å². The molecule has 2 rings (SSSR count). The third-order valence-corrected chi connectivity index (χ3v) is 3.96. The molecular weight excluding hydrogens is 282 g/mol. The van der Waals surface area contributed by atoms with E-state index in [9.17, 15) is 4.79 Å². The van der Waals surface area contributed by atoms with Gasteiger partial charge in [-0.15, -0.1) is 10.2 Å². The van der Waals surface area contributed by atoms with Gasteiger partial charge in [-0.2, -0.15) is 0 Å². The second kappa shape index (κ2) is 6.12. The van der Waals surface area contributed by atoms with Crippen molar-refractivity contribution in [1.29, 1.82) is 0 Å². The standard InChI is InChI=1S/C13H14ClN3OS/c1-3-8(2)9-4-6-10(7-5-9)15-11(18)12-16-17-13(14)19-12/h4-8H,3H2,1-2H3,(H,15,18). The van der Waals surface area contributed by atoms with Crippen LogP contribution in [-0.4, -0.2) is 16.1 Å².